The van der Waals surface area contributed by atoms with E-state index in [-0.39, 0.29) is 54.8 Å². The number of fused-ring (bicyclic) bond motifs is 5. The number of ketones is 2. The summed E-state index contributed by atoms with van der Waals surface area (Å²) in [6, 6.07) is 0. The predicted octanol–water partition coefficient (Wildman–Crippen LogP) is 2.08. The maximum absolute atomic E-state index is 13.2. The van der Waals surface area contributed by atoms with Crippen LogP contribution in [-0.2, 0) is 23.9 Å². The van der Waals surface area contributed by atoms with E-state index in [1.54, 1.807) is 6.08 Å². The van der Waals surface area contributed by atoms with Crippen molar-refractivity contribution in [2.24, 2.45) is 28.6 Å². The number of rotatable bonds is 6. The SMILES string of the molecule is COC(=O)CCNC(=O)OCC(=O)C1(O)CCC2C3CCC4=CC(=O)CCC4(C)C3C(O)CC21C. The Bertz CT molecular complexity index is 946. The van der Waals surface area contributed by atoms with Crippen LogP contribution >= 0.6 is 0 Å². The van der Waals surface area contributed by atoms with Gasteiger partial charge in [0.25, 0.3) is 0 Å². The summed E-state index contributed by atoms with van der Waals surface area (Å²) in [6.45, 7) is 3.48. The Hall–Kier alpha value is -2.26. The molecule has 0 aromatic carbocycles. The van der Waals surface area contributed by atoms with Crippen LogP contribution in [0.15, 0.2) is 11.6 Å². The number of aliphatic hydroxyl groups is 2. The van der Waals surface area contributed by atoms with Gasteiger partial charge in [0, 0.05) is 18.4 Å². The molecule has 35 heavy (non-hydrogen) atoms. The van der Waals surface area contributed by atoms with E-state index in [2.05, 4.69) is 17.0 Å². The van der Waals surface area contributed by atoms with Crippen molar-refractivity contribution in [3.05, 3.63) is 11.6 Å². The molecule has 1 amide bonds. The number of ether oxygens (including phenoxy) is 2. The van der Waals surface area contributed by atoms with Gasteiger partial charge in [0.05, 0.1) is 19.6 Å². The second kappa shape index (κ2) is 9.32. The number of carbonyl (C=O) groups excluding carboxylic acids is 4. The van der Waals surface area contributed by atoms with Crippen molar-refractivity contribution in [2.45, 2.75) is 76.9 Å². The van der Waals surface area contributed by atoms with Crippen molar-refractivity contribution in [3.63, 3.8) is 0 Å². The van der Waals surface area contributed by atoms with E-state index in [1.807, 2.05) is 6.92 Å². The van der Waals surface area contributed by atoms with Gasteiger partial charge < -0.3 is 25.0 Å². The highest BCUT2D eigenvalue weighted by Crippen LogP contribution is 2.67. The molecule has 0 aromatic heterocycles. The molecule has 3 fully saturated rings. The molecule has 0 aliphatic heterocycles. The topological polar surface area (TPSA) is 139 Å². The van der Waals surface area contributed by atoms with Crippen LogP contribution in [0, 0.1) is 28.6 Å². The highest BCUT2D eigenvalue weighted by atomic mass is 16.6. The van der Waals surface area contributed by atoms with E-state index < -0.39 is 41.6 Å². The number of Topliss-reactive ketones (excluding diaryl/α,β-unsaturated/α-hetero) is 1. The van der Waals surface area contributed by atoms with Crippen LogP contribution in [0.2, 0.25) is 0 Å². The predicted molar refractivity (Wildman–Crippen MR) is 124 cm³/mol. The first kappa shape index (κ1) is 25.8. The molecule has 4 aliphatic rings. The Morgan fingerprint density at radius 3 is 2.63 bits per heavy atom. The van der Waals surface area contributed by atoms with Crippen LogP contribution in [0.3, 0.4) is 0 Å². The fraction of sp³-hybridized carbons (Fsp3) is 0.769. The molecule has 9 heteroatoms. The van der Waals surface area contributed by atoms with Gasteiger partial charge in [0.1, 0.15) is 5.60 Å². The molecule has 9 nitrogen and oxygen atoms in total. The van der Waals surface area contributed by atoms with Crippen molar-refractivity contribution in [1.82, 2.24) is 5.32 Å². The van der Waals surface area contributed by atoms with Crippen LogP contribution in [0.25, 0.3) is 0 Å². The summed E-state index contributed by atoms with van der Waals surface area (Å²) in [5.41, 5.74) is -1.64. The summed E-state index contributed by atoms with van der Waals surface area (Å²) >= 11 is 0. The number of esters is 1. The summed E-state index contributed by atoms with van der Waals surface area (Å²) in [5, 5.41) is 25.5. The van der Waals surface area contributed by atoms with Gasteiger partial charge in [0.15, 0.2) is 12.4 Å². The van der Waals surface area contributed by atoms with Crippen LogP contribution in [0.5, 0.6) is 0 Å². The summed E-state index contributed by atoms with van der Waals surface area (Å²) in [7, 11) is 1.25. The molecule has 7 unspecified atom stereocenters. The highest BCUT2D eigenvalue weighted by Gasteiger charge is 2.68. The maximum Gasteiger partial charge on any atom is 0.407 e. The third kappa shape index (κ3) is 4.20. The zero-order valence-corrected chi connectivity index (χ0v) is 20.8. The molecule has 0 aromatic rings. The summed E-state index contributed by atoms with van der Waals surface area (Å²) in [6.07, 6.45) is 4.23. The first-order valence-electron chi connectivity index (χ1n) is 12.6. The number of nitrogens with one attached hydrogen (secondary N) is 1. The minimum absolute atomic E-state index is 0.0111. The van der Waals surface area contributed by atoms with Crippen LogP contribution in [0.4, 0.5) is 4.79 Å². The standard InChI is InChI=1S/C26H37NO8/c1-24-9-6-16(28)12-15(24)4-5-17-18-7-10-26(33,25(18,2)13-19(29)22(17)24)20(30)14-35-23(32)27-11-8-21(31)34-3/h12,17-19,22,29,33H,4-11,13-14H2,1-3H3,(H,27,32). The molecule has 0 saturated heterocycles. The normalized spacial score (nSPS) is 40.0. The number of carbonyl (C=O) groups is 4. The van der Waals surface area contributed by atoms with Crippen LogP contribution in [-0.4, -0.2) is 65.8 Å². The minimum Gasteiger partial charge on any atom is -0.469 e. The number of hydrogen-bond donors (Lipinski definition) is 3. The fourth-order valence-corrected chi connectivity index (χ4v) is 7.82. The monoisotopic (exact) mass is 491 g/mol. The molecular weight excluding hydrogens is 454 g/mol. The van der Waals surface area contributed by atoms with E-state index in [1.165, 1.54) is 7.11 Å². The zero-order chi connectivity index (χ0) is 25.6. The lowest BCUT2D eigenvalue weighted by molar-refractivity contribution is -0.182. The molecule has 3 saturated carbocycles. The second-order valence-electron chi connectivity index (χ2n) is 11.2. The van der Waals surface area contributed by atoms with E-state index >= 15 is 0 Å². The van der Waals surface area contributed by atoms with Gasteiger partial charge in [-0.3, -0.25) is 14.4 Å². The summed E-state index contributed by atoms with van der Waals surface area (Å²) < 4.78 is 9.54. The molecule has 0 bridgehead atoms. The van der Waals surface area contributed by atoms with Gasteiger partial charge >= 0.3 is 12.1 Å². The number of hydrogen-bond acceptors (Lipinski definition) is 8. The van der Waals surface area contributed by atoms with Crippen molar-refractivity contribution in [2.75, 3.05) is 20.3 Å². The average Bonchev–Trinajstić information content (AvgIpc) is 3.08. The third-order valence-electron chi connectivity index (χ3n) is 9.67. The number of amides is 1. The third-order valence-corrected chi connectivity index (χ3v) is 9.67. The average molecular weight is 492 g/mol. The Morgan fingerprint density at radius 1 is 1.17 bits per heavy atom. The Labute approximate surface area is 205 Å². The zero-order valence-electron chi connectivity index (χ0n) is 20.8. The van der Waals surface area contributed by atoms with E-state index in [4.69, 9.17) is 4.74 Å². The van der Waals surface area contributed by atoms with Crippen molar-refractivity contribution >= 4 is 23.6 Å². The first-order chi connectivity index (χ1) is 16.5. The van der Waals surface area contributed by atoms with Crippen molar-refractivity contribution in [3.8, 4) is 0 Å². The molecular formula is C26H37NO8. The largest absolute Gasteiger partial charge is 0.469 e. The number of alkyl carbamates (subject to hydrolysis) is 1. The molecule has 4 rings (SSSR count). The summed E-state index contributed by atoms with van der Waals surface area (Å²) in [4.78, 5) is 48.3. The smallest absolute Gasteiger partial charge is 0.407 e. The van der Waals surface area contributed by atoms with E-state index in [0.29, 0.717) is 12.8 Å². The lowest BCUT2D eigenvalue weighted by Crippen LogP contribution is -2.62. The maximum atomic E-state index is 13.2. The lowest BCUT2D eigenvalue weighted by Gasteiger charge is -2.60. The van der Waals surface area contributed by atoms with E-state index in [9.17, 15) is 29.4 Å². The van der Waals surface area contributed by atoms with Gasteiger partial charge in [-0.1, -0.05) is 19.4 Å². The van der Waals surface area contributed by atoms with Crippen molar-refractivity contribution < 1.29 is 38.9 Å². The quantitative estimate of drug-likeness (QED) is 0.480. The minimum atomic E-state index is -1.70. The Morgan fingerprint density at radius 2 is 1.91 bits per heavy atom. The molecule has 0 spiro atoms. The van der Waals surface area contributed by atoms with Crippen LogP contribution < -0.4 is 5.32 Å². The van der Waals surface area contributed by atoms with Gasteiger partial charge in [0.2, 0.25) is 5.78 Å². The van der Waals surface area contributed by atoms with Crippen molar-refractivity contribution in [1.29, 1.82) is 0 Å². The fourth-order valence-electron chi connectivity index (χ4n) is 7.82. The molecule has 3 N–H and O–H groups in total. The molecule has 0 heterocycles. The lowest BCUT2D eigenvalue weighted by atomic mass is 9.45. The van der Waals surface area contributed by atoms with Crippen LogP contribution in [0.1, 0.15) is 65.2 Å². The van der Waals surface area contributed by atoms with E-state index in [0.717, 1.165) is 24.8 Å². The summed E-state index contributed by atoms with van der Waals surface area (Å²) in [5.74, 6) is -0.710. The molecule has 194 valence electrons. The number of allylic oxidation sites excluding steroid dienone is 1. The molecule has 4 aliphatic carbocycles. The second-order valence-corrected chi connectivity index (χ2v) is 11.2. The van der Waals surface area contributed by atoms with Gasteiger partial charge in [-0.25, -0.2) is 4.79 Å². The first-order valence-corrected chi connectivity index (χ1v) is 12.6. The van der Waals surface area contributed by atoms with Gasteiger partial charge in [-0.05, 0) is 67.8 Å². The molecule has 0 radical (unpaired) electrons. The molecule has 7 atom stereocenters. The highest BCUT2D eigenvalue weighted by molar-refractivity contribution is 5.92. The number of aliphatic hydroxyl groups excluding tert-OH is 1. The number of methoxy groups -OCH3 is 1. The van der Waals surface area contributed by atoms with Gasteiger partial charge in [-0.15, -0.1) is 0 Å². The Balaban J connectivity index is 1.45. The van der Waals surface area contributed by atoms with Gasteiger partial charge in [-0.2, -0.15) is 0 Å². The Kier molecular flexibility index (Phi) is 6.87.